The molecule has 8 heteroatoms. The van der Waals surface area contributed by atoms with E-state index in [0.29, 0.717) is 48.5 Å². The quantitative estimate of drug-likeness (QED) is 0.454. The van der Waals surface area contributed by atoms with Crippen LogP contribution in [0.2, 0.25) is 0 Å². The molecule has 2 aromatic carbocycles. The number of hydrogen-bond donors (Lipinski definition) is 0. The Labute approximate surface area is 189 Å². The highest BCUT2D eigenvalue weighted by atomic mass is 19.1. The Morgan fingerprint density at radius 1 is 1.09 bits per heavy atom. The van der Waals surface area contributed by atoms with Crippen LogP contribution in [0.1, 0.15) is 5.56 Å². The maximum Gasteiger partial charge on any atom is 0.246 e. The van der Waals surface area contributed by atoms with Crippen LogP contribution in [-0.2, 0) is 4.79 Å². The molecule has 0 atom stereocenters. The van der Waals surface area contributed by atoms with Crippen LogP contribution in [0.15, 0.2) is 61.6 Å². The monoisotopic (exact) mass is 438 g/mol. The molecule has 33 heavy (non-hydrogen) atoms. The van der Waals surface area contributed by atoms with Crippen molar-refractivity contribution in [3.05, 3.63) is 73.0 Å². The van der Waals surface area contributed by atoms with E-state index in [1.165, 1.54) is 12.4 Å². The molecule has 4 aromatic rings. The summed E-state index contributed by atoms with van der Waals surface area (Å²) in [5.74, 6) is -0.0810. The second kappa shape index (κ2) is 8.28. The molecule has 1 fully saturated rings. The van der Waals surface area contributed by atoms with Gasteiger partial charge in [0, 0.05) is 37.9 Å². The molecule has 0 spiro atoms. The van der Waals surface area contributed by atoms with Crippen molar-refractivity contribution in [3.63, 3.8) is 0 Å². The molecule has 5 rings (SSSR count). The topological polar surface area (TPSA) is 86.0 Å². The van der Waals surface area contributed by atoms with Crippen LogP contribution in [0, 0.1) is 17.1 Å². The van der Waals surface area contributed by atoms with Crippen molar-refractivity contribution in [2.45, 2.75) is 0 Å². The zero-order valence-electron chi connectivity index (χ0n) is 17.7. The number of amides is 1. The lowest BCUT2D eigenvalue weighted by Gasteiger charge is -2.35. The van der Waals surface area contributed by atoms with Crippen molar-refractivity contribution in [2.75, 3.05) is 31.1 Å². The first kappa shape index (κ1) is 20.5. The van der Waals surface area contributed by atoms with Crippen LogP contribution in [0.3, 0.4) is 0 Å². The van der Waals surface area contributed by atoms with Gasteiger partial charge in [0.25, 0.3) is 0 Å². The molecule has 1 aliphatic heterocycles. The summed E-state index contributed by atoms with van der Waals surface area (Å²) >= 11 is 0. The highest BCUT2D eigenvalue weighted by Gasteiger charge is 2.24. The maximum atomic E-state index is 15.8. The number of halogens is 1. The van der Waals surface area contributed by atoms with E-state index in [9.17, 15) is 10.1 Å². The van der Waals surface area contributed by atoms with E-state index < -0.39 is 5.82 Å². The van der Waals surface area contributed by atoms with Crippen LogP contribution < -0.4 is 4.90 Å². The highest BCUT2D eigenvalue weighted by molar-refractivity contribution is 5.99. The minimum atomic E-state index is -0.558. The molecule has 1 amide bonds. The molecular weight excluding hydrogens is 419 g/mol. The molecule has 1 saturated heterocycles. The van der Waals surface area contributed by atoms with Crippen LogP contribution >= 0.6 is 0 Å². The highest BCUT2D eigenvalue weighted by Crippen LogP contribution is 2.34. The fraction of sp³-hybridized carbons (Fsp3) is 0.160. The average Bonchev–Trinajstić information content (AvgIpc) is 2.87. The van der Waals surface area contributed by atoms with Crippen molar-refractivity contribution in [1.29, 1.82) is 5.26 Å². The summed E-state index contributed by atoms with van der Waals surface area (Å²) in [5.41, 5.74) is 1.28. The third-order valence-electron chi connectivity index (χ3n) is 5.91. The fourth-order valence-electron chi connectivity index (χ4n) is 4.26. The van der Waals surface area contributed by atoms with Crippen LogP contribution in [0.25, 0.3) is 32.9 Å². The molecule has 1 aliphatic rings. The first-order valence-corrected chi connectivity index (χ1v) is 10.5. The first-order valence-electron chi connectivity index (χ1n) is 10.5. The fourth-order valence-corrected chi connectivity index (χ4v) is 4.26. The van der Waals surface area contributed by atoms with Gasteiger partial charge < -0.3 is 9.80 Å². The number of nitrogens with zero attached hydrogens (tertiary/aromatic N) is 6. The van der Waals surface area contributed by atoms with Gasteiger partial charge in [-0.1, -0.05) is 30.8 Å². The summed E-state index contributed by atoms with van der Waals surface area (Å²) in [4.78, 5) is 28.6. The number of aromatic nitrogens is 3. The van der Waals surface area contributed by atoms with E-state index in [1.807, 2.05) is 29.2 Å². The van der Waals surface area contributed by atoms with Gasteiger partial charge in [0.15, 0.2) is 5.82 Å². The van der Waals surface area contributed by atoms with E-state index in [1.54, 1.807) is 23.2 Å². The lowest BCUT2D eigenvalue weighted by atomic mass is 9.98. The zero-order chi connectivity index (χ0) is 22.9. The van der Waals surface area contributed by atoms with Gasteiger partial charge in [0.2, 0.25) is 5.91 Å². The summed E-state index contributed by atoms with van der Waals surface area (Å²) < 4.78 is 15.8. The molecule has 162 valence electrons. The Hall–Kier alpha value is -4.38. The maximum absolute atomic E-state index is 15.8. The van der Waals surface area contributed by atoms with Gasteiger partial charge in [-0.3, -0.25) is 9.78 Å². The van der Waals surface area contributed by atoms with Gasteiger partial charge in [-0.05, 0) is 29.0 Å². The molecule has 7 nitrogen and oxygen atoms in total. The predicted octanol–water partition coefficient (Wildman–Crippen LogP) is 3.69. The number of fused-ring (bicyclic) bond motifs is 2. The SMILES string of the molecule is C=CC(=O)N1CCN(c2ncnc3c(F)c(-c4cc(C#N)cc5ccccc45)ncc23)CC1. The summed E-state index contributed by atoms with van der Waals surface area (Å²) in [5, 5.41) is 11.6. The second-order valence-electron chi connectivity index (χ2n) is 7.75. The minimum absolute atomic E-state index is 0.105. The van der Waals surface area contributed by atoms with Crippen molar-refractivity contribution in [1.82, 2.24) is 19.9 Å². The molecule has 2 aromatic heterocycles. The van der Waals surface area contributed by atoms with E-state index in [4.69, 9.17) is 0 Å². The van der Waals surface area contributed by atoms with Crippen LogP contribution in [0.5, 0.6) is 0 Å². The Balaban J connectivity index is 1.59. The van der Waals surface area contributed by atoms with Gasteiger partial charge in [0.05, 0.1) is 17.0 Å². The first-order chi connectivity index (χ1) is 16.1. The number of piperazine rings is 1. The predicted molar refractivity (Wildman–Crippen MR) is 124 cm³/mol. The normalized spacial score (nSPS) is 13.8. The largest absolute Gasteiger partial charge is 0.352 e. The molecule has 0 saturated carbocycles. The molecule has 0 N–H and O–H groups in total. The van der Waals surface area contributed by atoms with Gasteiger partial charge in [-0.15, -0.1) is 0 Å². The number of carbonyl (C=O) groups excluding carboxylic acids is 1. The minimum Gasteiger partial charge on any atom is -0.352 e. The smallest absolute Gasteiger partial charge is 0.246 e. The van der Waals surface area contributed by atoms with Gasteiger partial charge in [-0.25, -0.2) is 14.4 Å². The Morgan fingerprint density at radius 2 is 1.88 bits per heavy atom. The average molecular weight is 438 g/mol. The van der Waals surface area contributed by atoms with E-state index >= 15 is 4.39 Å². The lowest BCUT2D eigenvalue weighted by Crippen LogP contribution is -2.48. The third kappa shape index (κ3) is 3.53. The van der Waals surface area contributed by atoms with Crippen LogP contribution in [-0.4, -0.2) is 51.9 Å². The van der Waals surface area contributed by atoms with Gasteiger partial charge in [-0.2, -0.15) is 5.26 Å². The zero-order valence-corrected chi connectivity index (χ0v) is 17.7. The number of anilines is 1. The summed E-state index contributed by atoms with van der Waals surface area (Å²) in [7, 11) is 0. The number of carbonyl (C=O) groups is 1. The van der Waals surface area contributed by atoms with Gasteiger partial charge in [0.1, 0.15) is 23.4 Å². The Morgan fingerprint density at radius 3 is 2.64 bits per heavy atom. The molecular formula is C25H19FN6O. The molecule has 0 radical (unpaired) electrons. The molecule has 0 aliphatic carbocycles. The second-order valence-corrected chi connectivity index (χ2v) is 7.75. The molecule has 0 unspecified atom stereocenters. The van der Waals surface area contributed by atoms with Crippen molar-refractivity contribution in [2.24, 2.45) is 0 Å². The molecule has 0 bridgehead atoms. The molecule has 3 heterocycles. The number of rotatable bonds is 3. The Kier molecular flexibility index (Phi) is 5.15. The number of nitriles is 1. The number of hydrogen-bond acceptors (Lipinski definition) is 6. The van der Waals surface area contributed by atoms with Crippen molar-refractivity contribution >= 4 is 33.4 Å². The summed E-state index contributed by atoms with van der Waals surface area (Å²) in [6, 6.07) is 13.1. The van der Waals surface area contributed by atoms with Crippen LogP contribution in [0.4, 0.5) is 10.2 Å². The van der Waals surface area contributed by atoms with Gasteiger partial charge >= 0.3 is 0 Å². The summed E-state index contributed by atoms with van der Waals surface area (Å²) in [6.45, 7) is 5.70. The van der Waals surface area contributed by atoms with E-state index in [2.05, 4.69) is 27.6 Å². The lowest BCUT2D eigenvalue weighted by molar-refractivity contribution is -0.126. The Bertz CT molecular complexity index is 1450. The van der Waals surface area contributed by atoms with E-state index in [-0.39, 0.29) is 17.1 Å². The number of benzene rings is 2. The summed E-state index contributed by atoms with van der Waals surface area (Å²) in [6.07, 6.45) is 4.23. The van der Waals surface area contributed by atoms with E-state index in [0.717, 1.165) is 10.8 Å². The third-order valence-corrected chi connectivity index (χ3v) is 5.91. The number of pyridine rings is 1. The standard InChI is InChI=1S/C25H19FN6O/c1-2-21(33)31-7-9-32(10-8-31)25-20-14-28-23(22(26)24(20)29-15-30-25)19-12-16(13-27)11-17-5-3-4-6-18(17)19/h2-6,11-12,14-15H,1,7-10H2. The van der Waals surface area contributed by atoms with Crippen molar-refractivity contribution in [3.8, 4) is 17.3 Å². The van der Waals surface area contributed by atoms with Crippen molar-refractivity contribution < 1.29 is 9.18 Å².